The lowest BCUT2D eigenvalue weighted by Gasteiger charge is -2.28. The van der Waals surface area contributed by atoms with Gasteiger partial charge < -0.3 is 10.1 Å². The number of amides is 2. The van der Waals surface area contributed by atoms with Crippen molar-refractivity contribution in [3.63, 3.8) is 0 Å². The van der Waals surface area contributed by atoms with E-state index in [1.165, 1.54) is 11.3 Å². The van der Waals surface area contributed by atoms with Crippen LogP contribution in [0.25, 0.3) is 0 Å². The molecule has 0 aliphatic carbocycles. The van der Waals surface area contributed by atoms with Crippen LogP contribution in [0.1, 0.15) is 33.2 Å². The van der Waals surface area contributed by atoms with E-state index in [1.807, 2.05) is 54.6 Å². The highest BCUT2D eigenvalue weighted by atomic mass is 32.1. The van der Waals surface area contributed by atoms with Crippen LogP contribution in [0.5, 0.6) is 11.5 Å². The third-order valence-electron chi connectivity index (χ3n) is 5.14. The monoisotopic (exact) mass is 441 g/mol. The molecule has 0 saturated heterocycles. The maximum absolute atomic E-state index is 12.9. The first kappa shape index (κ1) is 20.0. The van der Waals surface area contributed by atoms with Crippen molar-refractivity contribution < 1.29 is 14.3 Å². The van der Waals surface area contributed by atoms with Gasteiger partial charge in [-0.2, -0.15) is 0 Å². The van der Waals surface area contributed by atoms with Crippen molar-refractivity contribution in [2.75, 3.05) is 5.32 Å². The van der Waals surface area contributed by atoms with Crippen LogP contribution in [0.3, 0.4) is 0 Å². The zero-order valence-electron chi connectivity index (χ0n) is 16.9. The van der Waals surface area contributed by atoms with E-state index in [4.69, 9.17) is 4.74 Å². The summed E-state index contributed by atoms with van der Waals surface area (Å²) in [7, 11) is 0. The van der Waals surface area contributed by atoms with Gasteiger partial charge in [-0.05, 0) is 24.3 Å². The number of rotatable bonds is 5. The molecule has 32 heavy (non-hydrogen) atoms. The third-order valence-corrected chi connectivity index (χ3v) is 5.94. The van der Waals surface area contributed by atoms with E-state index in [1.54, 1.807) is 29.6 Å². The average Bonchev–Trinajstić information content (AvgIpc) is 3.26. The minimum absolute atomic E-state index is 0.111. The van der Waals surface area contributed by atoms with Crippen LogP contribution >= 0.6 is 11.3 Å². The number of ether oxygens (including phenoxy) is 1. The molecule has 6 nitrogen and oxygen atoms in total. The SMILES string of the molecule is O=C(Cc1csc(NC(=O)c2ccccc2)n1)NC1c2ccccc2Oc2ccccc21. The van der Waals surface area contributed by atoms with Gasteiger partial charge in [0.15, 0.2) is 5.13 Å². The Balaban J connectivity index is 1.29. The molecule has 0 spiro atoms. The largest absolute Gasteiger partial charge is 0.457 e. The Hall–Kier alpha value is -3.97. The molecule has 3 aromatic carbocycles. The molecule has 0 bridgehead atoms. The molecule has 1 aliphatic rings. The van der Waals surface area contributed by atoms with Gasteiger partial charge in [-0.15, -0.1) is 11.3 Å². The number of fused-ring (bicyclic) bond motifs is 2. The number of nitrogens with one attached hydrogen (secondary N) is 2. The van der Waals surface area contributed by atoms with Crippen molar-refractivity contribution in [3.05, 3.63) is 107 Å². The number of nitrogens with zero attached hydrogens (tertiary/aromatic N) is 1. The normalized spacial score (nSPS) is 12.2. The third kappa shape index (κ3) is 4.10. The van der Waals surface area contributed by atoms with E-state index in [0.717, 1.165) is 22.6 Å². The molecule has 0 unspecified atom stereocenters. The Bertz CT molecular complexity index is 1240. The molecule has 158 valence electrons. The summed E-state index contributed by atoms with van der Waals surface area (Å²) in [4.78, 5) is 29.6. The van der Waals surface area contributed by atoms with Gasteiger partial charge in [0.1, 0.15) is 11.5 Å². The molecule has 5 rings (SSSR count). The van der Waals surface area contributed by atoms with Crippen LogP contribution in [0, 0.1) is 0 Å². The Morgan fingerprint density at radius 3 is 2.19 bits per heavy atom. The maximum atomic E-state index is 12.9. The minimum Gasteiger partial charge on any atom is -0.457 e. The van der Waals surface area contributed by atoms with E-state index in [0.29, 0.717) is 16.4 Å². The number of hydrogen-bond acceptors (Lipinski definition) is 5. The lowest BCUT2D eigenvalue weighted by atomic mass is 9.94. The Kier molecular flexibility index (Phi) is 5.39. The number of para-hydroxylation sites is 2. The highest BCUT2D eigenvalue weighted by Gasteiger charge is 2.28. The molecule has 1 aliphatic heterocycles. The maximum Gasteiger partial charge on any atom is 0.257 e. The first-order valence-corrected chi connectivity index (χ1v) is 11.0. The molecule has 2 N–H and O–H groups in total. The van der Waals surface area contributed by atoms with Crippen molar-refractivity contribution in [1.82, 2.24) is 10.3 Å². The predicted octanol–water partition coefficient (Wildman–Crippen LogP) is 4.95. The van der Waals surface area contributed by atoms with E-state index in [2.05, 4.69) is 15.6 Å². The fraction of sp³-hybridized carbons (Fsp3) is 0.0800. The van der Waals surface area contributed by atoms with Crippen LogP contribution in [-0.2, 0) is 11.2 Å². The summed E-state index contributed by atoms with van der Waals surface area (Å²) in [5.41, 5.74) is 2.98. The van der Waals surface area contributed by atoms with Gasteiger partial charge in [0.05, 0.1) is 18.2 Å². The molecule has 2 heterocycles. The van der Waals surface area contributed by atoms with Crippen molar-refractivity contribution in [2.24, 2.45) is 0 Å². The fourth-order valence-corrected chi connectivity index (χ4v) is 4.35. The van der Waals surface area contributed by atoms with Gasteiger partial charge in [0.25, 0.3) is 5.91 Å². The Morgan fingerprint density at radius 1 is 0.875 bits per heavy atom. The summed E-state index contributed by atoms with van der Waals surface area (Å²) < 4.78 is 5.98. The van der Waals surface area contributed by atoms with E-state index in [-0.39, 0.29) is 24.3 Å². The second kappa shape index (κ2) is 8.64. The van der Waals surface area contributed by atoms with E-state index >= 15 is 0 Å². The standard InChI is InChI=1S/C25H19N3O3S/c29-22(14-17-15-32-25(26-17)28-24(30)16-8-2-1-3-9-16)27-23-18-10-4-6-12-20(18)31-21-13-7-5-11-19(21)23/h1-13,15,23H,14H2,(H,27,29)(H,26,28,30). The van der Waals surface area contributed by atoms with Crippen molar-refractivity contribution in [2.45, 2.75) is 12.5 Å². The summed E-state index contributed by atoms with van der Waals surface area (Å²) in [6.07, 6.45) is 0.111. The zero-order valence-corrected chi connectivity index (χ0v) is 17.8. The summed E-state index contributed by atoms with van der Waals surface area (Å²) >= 11 is 1.29. The number of anilines is 1. The molecular formula is C25H19N3O3S. The molecule has 0 fully saturated rings. The highest BCUT2D eigenvalue weighted by Crippen LogP contribution is 2.42. The van der Waals surface area contributed by atoms with E-state index < -0.39 is 0 Å². The summed E-state index contributed by atoms with van der Waals surface area (Å²) in [6, 6.07) is 24.0. The second-order valence-electron chi connectivity index (χ2n) is 7.32. The predicted molar refractivity (Wildman–Crippen MR) is 123 cm³/mol. The molecule has 0 radical (unpaired) electrons. The smallest absolute Gasteiger partial charge is 0.257 e. The minimum atomic E-state index is -0.306. The number of thiazole rings is 1. The van der Waals surface area contributed by atoms with Gasteiger partial charge in [0, 0.05) is 22.1 Å². The van der Waals surface area contributed by atoms with Crippen molar-refractivity contribution in [1.29, 1.82) is 0 Å². The summed E-state index contributed by atoms with van der Waals surface area (Å²) in [5, 5.41) is 8.14. The summed E-state index contributed by atoms with van der Waals surface area (Å²) in [5.74, 6) is 1.08. The molecule has 1 aromatic heterocycles. The molecule has 7 heteroatoms. The lowest BCUT2D eigenvalue weighted by Crippen LogP contribution is -2.32. The van der Waals surface area contributed by atoms with Gasteiger partial charge in [-0.25, -0.2) is 4.98 Å². The highest BCUT2D eigenvalue weighted by molar-refractivity contribution is 7.14. The topological polar surface area (TPSA) is 80.3 Å². The van der Waals surface area contributed by atoms with Gasteiger partial charge in [-0.1, -0.05) is 54.6 Å². The van der Waals surface area contributed by atoms with Crippen LogP contribution in [-0.4, -0.2) is 16.8 Å². The summed E-state index contributed by atoms with van der Waals surface area (Å²) in [6.45, 7) is 0. The molecule has 0 saturated carbocycles. The number of hydrogen-bond donors (Lipinski definition) is 2. The Labute approximate surface area is 188 Å². The van der Waals surface area contributed by atoms with Gasteiger partial charge >= 0.3 is 0 Å². The van der Waals surface area contributed by atoms with Gasteiger partial charge in [0.2, 0.25) is 5.91 Å². The number of carbonyl (C=O) groups is 2. The van der Waals surface area contributed by atoms with Crippen LogP contribution in [0.15, 0.2) is 84.2 Å². The lowest BCUT2D eigenvalue weighted by molar-refractivity contribution is -0.121. The fourth-order valence-electron chi connectivity index (χ4n) is 3.65. The average molecular weight is 442 g/mol. The van der Waals surface area contributed by atoms with Crippen LogP contribution in [0.2, 0.25) is 0 Å². The zero-order chi connectivity index (χ0) is 21.9. The van der Waals surface area contributed by atoms with Gasteiger partial charge in [-0.3, -0.25) is 14.9 Å². The van der Waals surface area contributed by atoms with Crippen molar-refractivity contribution in [3.8, 4) is 11.5 Å². The Morgan fingerprint density at radius 2 is 1.50 bits per heavy atom. The van der Waals surface area contributed by atoms with Crippen LogP contribution < -0.4 is 15.4 Å². The number of aromatic nitrogens is 1. The molecule has 2 amide bonds. The number of benzene rings is 3. The second-order valence-corrected chi connectivity index (χ2v) is 8.18. The quantitative estimate of drug-likeness (QED) is 0.459. The van der Waals surface area contributed by atoms with Crippen LogP contribution in [0.4, 0.5) is 5.13 Å². The first-order chi connectivity index (χ1) is 15.7. The molecular weight excluding hydrogens is 422 g/mol. The molecule has 0 atom stereocenters. The first-order valence-electron chi connectivity index (χ1n) is 10.1. The van der Waals surface area contributed by atoms with E-state index in [9.17, 15) is 9.59 Å². The number of carbonyl (C=O) groups excluding carboxylic acids is 2. The molecule has 4 aromatic rings. The van der Waals surface area contributed by atoms with Crippen molar-refractivity contribution >= 4 is 28.3 Å².